The van der Waals surface area contributed by atoms with E-state index in [-0.39, 0.29) is 24.0 Å². The van der Waals surface area contributed by atoms with Crippen LogP contribution in [0.15, 0.2) is 29.3 Å². The number of hydrogen-bond acceptors (Lipinski definition) is 4. The molecule has 160 valence electrons. The van der Waals surface area contributed by atoms with Gasteiger partial charge in [0, 0.05) is 26.7 Å². The predicted octanol–water partition coefficient (Wildman–Crippen LogP) is 3.01. The number of rotatable bonds is 11. The quantitative estimate of drug-likeness (QED) is 0.210. The van der Waals surface area contributed by atoms with E-state index in [1.165, 1.54) is 43.5 Å². The Hall–Kier alpha value is -0.900. The van der Waals surface area contributed by atoms with Crippen molar-refractivity contribution in [1.82, 2.24) is 15.5 Å². The molecule has 0 amide bonds. The predicted molar refractivity (Wildman–Crippen MR) is 126 cm³/mol. The van der Waals surface area contributed by atoms with Crippen LogP contribution in [0, 0.1) is 0 Å². The Morgan fingerprint density at radius 2 is 1.71 bits per heavy atom. The van der Waals surface area contributed by atoms with Gasteiger partial charge < -0.3 is 20.1 Å². The molecule has 1 heterocycles. The van der Waals surface area contributed by atoms with E-state index in [1.54, 1.807) is 7.11 Å². The Bertz CT molecular complexity index is 534. The van der Waals surface area contributed by atoms with E-state index >= 15 is 0 Å². The number of piperidine rings is 1. The highest BCUT2D eigenvalue weighted by atomic mass is 127. The van der Waals surface area contributed by atoms with Gasteiger partial charge in [-0.1, -0.05) is 30.7 Å². The largest absolute Gasteiger partial charge is 0.382 e. The van der Waals surface area contributed by atoms with Gasteiger partial charge in [0.05, 0.1) is 26.4 Å². The van der Waals surface area contributed by atoms with Crippen LogP contribution in [0.3, 0.4) is 0 Å². The van der Waals surface area contributed by atoms with Crippen molar-refractivity contribution in [2.24, 2.45) is 4.99 Å². The zero-order chi connectivity index (χ0) is 19.2. The minimum atomic E-state index is 0. The SMILES string of the molecule is CCNC(=NCc1ccc(CN2CCCCC2)cc1)NCCOCCOC.I. The third kappa shape index (κ3) is 10.6. The van der Waals surface area contributed by atoms with Crippen LogP contribution in [-0.4, -0.2) is 64.0 Å². The lowest BCUT2D eigenvalue weighted by Crippen LogP contribution is -2.39. The number of methoxy groups -OCH3 is 1. The van der Waals surface area contributed by atoms with Gasteiger partial charge in [0.1, 0.15) is 0 Å². The average molecular weight is 504 g/mol. The van der Waals surface area contributed by atoms with Crippen LogP contribution >= 0.6 is 24.0 Å². The summed E-state index contributed by atoms with van der Waals surface area (Å²) < 4.78 is 10.4. The summed E-state index contributed by atoms with van der Waals surface area (Å²) in [5.74, 6) is 0.824. The number of ether oxygens (including phenoxy) is 2. The van der Waals surface area contributed by atoms with Gasteiger partial charge in [-0.15, -0.1) is 24.0 Å². The Labute approximate surface area is 187 Å². The molecule has 1 aromatic rings. The van der Waals surface area contributed by atoms with Crippen molar-refractivity contribution in [3.63, 3.8) is 0 Å². The van der Waals surface area contributed by atoms with Crippen LogP contribution in [-0.2, 0) is 22.6 Å². The van der Waals surface area contributed by atoms with E-state index < -0.39 is 0 Å². The van der Waals surface area contributed by atoms with Crippen molar-refractivity contribution < 1.29 is 9.47 Å². The van der Waals surface area contributed by atoms with Gasteiger partial charge in [-0.25, -0.2) is 4.99 Å². The third-order valence-electron chi connectivity index (χ3n) is 4.61. The van der Waals surface area contributed by atoms with E-state index in [1.807, 2.05) is 0 Å². The first-order chi connectivity index (χ1) is 13.3. The molecule has 6 nitrogen and oxygen atoms in total. The summed E-state index contributed by atoms with van der Waals surface area (Å²) in [4.78, 5) is 7.22. The molecular weight excluding hydrogens is 467 g/mol. The zero-order valence-corrected chi connectivity index (χ0v) is 19.7. The molecule has 0 spiro atoms. The van der Waals surface area contributed by atoms with Crippen LogP contribution in [0.25, 0.3) is 0 Å². The van der Waals surface area contributed by atoms with Crippen LogP contribution in [0.5, 0.6) is 0 Å². The highest BCUT2D eigenvalue weighted by Crippen LogP contribution is 2.13. The Balaban J connectivity index is 0.00000392. The number of halogens is 1. The van der Waals surface area contributed by atoms with Crippen LogP contribution < -0.4 is 10.6 Å². The van der Waals surface area contributed by atoms with Gasteiger partial charge in [0.25, 0.3) is 0 Å². The van der Waals surface area contributed by atoms with Crippen molar-refractivity contribution >= 4 is 29.9 Å². The molecule has 0 unspecified atom stereocenters. The molecule has 0 atom stereocenters. The zero-order valence-electron chi connectivity index (χ0n) is 17.4. The smallest absolute Gasteiger partial charge is 0.191 e. The number of hydrogen-bond donors (Lipinski definition) is 2. The number of aliphatic imine (C=N–C) groups is 1. The minimum Gasteiger partial charge on any atom is -0.382 e. The molecule has 1 saturated heterocycles. The van der Waals surface area contributed by atoms with Crippen LogP contribution in [0.1, 0.15) is 37.3 Å². The van der Waals surface area contributed by atoms with Gasteiger partial charge in [-0.2, -0.15) is 0 Å². The summed E-state index contributed by atoms with van der Waals surface area (Å²) in [5.41, 5.74) is 2.62. The number of guanidine groups is 1. The first-order valence-electron chi connectivity index (χ1n) is 10.2. The fourth-order valence-electron chi connectivity index (χ4n) is 3.12. The molecule has 0 aliphatic carbocycles. The summed E-state index contributed by atoms with van der Waals surface area (Å²) in [7, 11) is 1.68. The van der Waals surface area contributed by atoms with E-state index in [4.69, 9.17) is 9.47 Å². The molecule has 28 heavy (non-hydrogen) atoms. The topological polar surface area (TPSA) is 58.1 Å². The van der Waals surface area contributed by atoms with Crippen molar-refractivity contribution in [2.45, 2.75) is 39.3 Å². The molecular formula is C21H37IN4O2. The van der Waals surface area contributed by atoms with E-state index in [0.717, 1.165) is 25.6 Å². The second kappa shape index (κ2) is 16.0. The fraction of sp³-hybridized carbons (Fsp3) is 0.667. The number of nitrogens with one attached hydrogen (secondary N) is 2. The Morgan fingerprint density at radius 1 is 1.00 bits per heavy atom. The second-order valence-corrected chi connectivity index (χ2v) is 6.88. The van der Waals surface area contributed by atoms with Crippen LogP contribution in [0.2, 0.25) is 0 Å². The minimum absolute atomic E-state index is 0. The summed E-state index contributed by atoms with van der Waals surface area (Å²) in [5, 5.41) is 6.57. The summed E-state index contributed by atoms with van der Waals surface area (Å²) in [6.07, 6.45) is 4.06. The van der Waals surface area contributed by atoms with E-state index in [2.05, 4.69) is 51.7 Å². The number of benzene rings is 1. The van der Waals surface area contributed by atoms with E-state index in [9.17, 15) is 0 Å². The molecule has 2 N–H and O–H groups in total. The summed E-state index contributed by atoms with van der Waals surface area (Å²) in [6.45, 7) is 9.73. The highest BCUT2D eigenvalue weighted by molar-refractivity contribution is 14.0. The maximum Gasteiger partial charge on any atom is 0.191 e. The summed E-state index contributed by atoms with van der Waals surface area (Å²) in [6, 6.07) is 8.87. The monoisotopic (exact) mass is 504 g/mol. The molecule has 0 radical (unpaired) electrons. The molecule has 1 aliphatic heterocycles. The molecule has 0 aromatic heterocycles. The maximum absolute atomic E-state index is 5.47. The van der Waals surface area contributed by atoms with Crippen molar-refractivity contribution in [1.29, 1.82) is 0 Å². The normalized spacial score (nSPS) is 15.1. The molecule has 0 bridgehead atoms. The van der Waals surface area contributed by atoms with E-state index in [0.29, 0.717) is 26.4 Å². The third-order valence-corrected chi connectivity index (χ3v) is 4.61. The molecule has 1 fully saturated rings. The first kappa shape index (κ1) is 25.1. The van der Waals surface area contributed by atoms with Crippen LogP contribution in [0.4, 0.5) is 0 Å². The van der Waals surface area contributed by atoms with Gasteiger partial charge >= 0.3 is 0 Å². The van der Waals surface area contributed by atoms with Gasteiger partial charge in [0.15, 0.2) is 5.96 Å². The standard InChI is InChI=1S/C21H36N4O2.HI/c1-3-22-21(23-11-14-27-16-15-26-2)24-17-19-7-9-20(10-8-19)18-25-12-5-4-6-13-25;/h7-10H,3-6,11-18H2,1-2H3,(H2,22,23,24);1H. The van der Waals surface area contributed by atoms with Crippen molar-refractivity contribution in [2.75, 3.05) is 53.1 Å². The lowest BCUT2D eigenvalue weighted by molar-refractivity contribution is 0.0733. The second-order valence-electron chi connectivity index (χ2n) is 6.88. The molecule has 7 heteroatoms. The first-order valence-corrected chi connectivity index (χ1v) is 10.2. The van der Waals surface area contributed by atoms with Gasteiger partial charge in [0.2, 0.25) is 0 Å². The average Bonchev–Trinajstić information content (AvgIpc) is 2.70. The molecule has 2 rings (SSSR count). The Kier molecular flexibility index (Phi) is 14.3. The molecule has 1 aromatic carbocycles. The lowest BCUT2D eigenvalue weighted by atomic mass is 10.1. The fourth-order valence-corrected chi connectivity index (χ4v) is 3.12. The van der Waals surface area contributed by atoms with Gasteiger partial charge in [-0.3, -0.25) is 4.90 Å². The Morgan fingerprint density at radius 3 is 2.39 bits per heavy atom. The molecule has 0 saturated carbocycles. The highest BCUT2D eigenvalue weighted by Gasteiger charge is 2.10. The lowest BCUT2D eigenvalue weighted by Gasteiger charge is -2.26. The summed E-state index contributed by atoms with van der Waals surface area (Å²) >= 11 is 0. The van der Waals surface area contributed by atoms with Crippen molar-refractivity contribution in [3.8, 4) is 0 Å². The maximum atomic E-state index is 5.47. The number of likely N-dealkylation sites (tertiary alicyclic amines) is 1. The molecule has 1 aliphatic rings. The number of nitrogens with zero attached hydrogens (tertiary/aromatic N) is 2. The van der Waals surface area contributed by atoms with Crippen molar-refractivity contribution in [3.05, 3.63) is 35.4 Å². The van der Waals surface area contributed by atoms with Gasteiger partial charge in [-0.05, 0) is 44.0 Å².